The fraction of sp³-hybridized carbons (Fsp3) is 0.176. The molecule has 0 amide bonds. The highest BCUT2D eigenvalue weighted by molar-refractivity contribution is 5.74. The van der Waals surface area contributed by atoms with E-state index in [1.165, 1.54) is 0 Å². The highest BCUT2D eigenvalue weighted by Gasteiger charge is 2.11. The number of rotatable bonds is 5. The van der Waals surface area contributed by atoms with E-state index in [2.05, 4.69) is 5.10 Å². The second kappa shape index (κ2) is 5.89. The smallest absolute Gasteiger partial charge is 0.185 e. The summed E-state index contributed by atoms with van der Waals surface area (Å²) in [6.45, 7) is 2.38. The van der Waals surface area contributed by atoms with Crippen molar-refractivity contribution in [1.82, 2.24) is 9.78 Å². The van der Waals surface area contributed by atoms with Gasteiger partial charge in [-0.3, -0.25) is 9.48 Å². The van der Waals surface area contributed by atoms with Gasteiger partial charge in [-0.2, -0.15) is 5.10 Å². The van der Waals surface area contributed by atoms with Crippen LogP contribution in [0.5, 0.6) is 5.75 Å². The number of aryl methyl sites for hydroxylation is 2. The Labute approximate surface area is 128 Å². The van der Waals surface area contributed by atoms with Crippen molar-refractivity contribution in [1.29, 1.82) is 0 Å². The molecule has 0 saturated heterocycles. The van der Waals surface area contributed by atoms with Gasteiger partial charge in [0.2, 0.25) is 0 Å². The molecule has 5 nitrogen and oxygen atoms in total. The summed E-state index contributed by atoms with van der Waals surface area (Å²) >= 11 is 0. The average molecular weight is 296 g/mol. The molecule has 0 aliphatic rings. The fourth-order valence-corrected chi connectivity index (χ4v) is 2.30. The molecule has 1 aromatic carbocycles. The first-order valence-corrected chi connectivity index (χ1v) is 6.93. The molecule has 0 saturated carbocycles. The quantitative estimate of drug-likeness (QED) is 0.677. The van der Waals surface area contributed by atoms with Gasteiger partial charge in [0.25, 0.3) is 0 Å². The zero-order valence-electron chi connectivity index (χ0n) is 12.4. The van der Waals surface area contributed by atoms with Crippen LogP contribution >= 0.6 is 0 Å². The molecule has 0 atom stereocenters. The summed E-state index contributed by atoms with van der Waals surface area (Å²) in [5.74, 6) is 1.62. The lowest BCUT2D eigenvalue weighted by Gasteiger charge is -2.09. The highest BCUT2D eigenvalue weighted by Crippen LogP contribution is 2.31. The van der Waals surface area contributed by atoms with E-state index < -0.39 is 0 Å². The van der Waals surface area contributed by atoms with Gasteiger partial charge in [0.15, 0.2) is 12.0 Å². The third kappa shape index (κ3) is 2.79. The summed E-state index contributed by atoms with van der Waals surface area (Å²) in [7, 11) is 1.88. The monoisotopic (exact) mass is 296 g/mol. The van der Waals surface area contributed by atoms with Crippen molar-refractivity contribution in [2.75, 3.05) is 0 Å². The number of carbonyl (C=O) groups excluding carboxylic acids is 1. The first-order chi connectivity index (χ1) is 10.7. The maximum atomic E-state index is 10.8. The number of hydrogen-bond acceptors (Lipinski definition) is 4. The van der Waals surface area contributed by atoms with Crippen molar-refractivity contribution in [2.45, 2.75) is 13.5 Å². The Morgan fingerprint density at radius 2 is 2.09 bits per heavy atom. The van der Waals surface area contributed by atoms with Gasteiger partial charge < -0.3 is 9.15 Å². The third-order valence-electron chi connectivity index (χ3n) is 3.39. The molecule has 0 fully saturated rings. The van der Waals surface area contributed by atoms with Crippen LogP contribution < -0.4 is 4.74 Å². The minimum absolute atomic E-state index is 0.299. The summed E-state index contributed by atoms with van der Waals surface area (Å²) in [6, 6.07) is 11.0. The van der Waals surface area contributed by atoms with Gasteiger partial charge in [-0.25, -0.2) is 0 Å². The standard InChI is InChI=1S/C17H16N2O3/c1-12-13(9-19(2)18-12)11-21-16-6-4-3-5-15(16)17-8-7-14(10-20)22-17/h3-10H,11H2,1-2H3. The number of ether oxygens (including phenoxy) is 1. The first-order valence-electron chi connectivity index (χ1n) is 6.93. The van der Waals surface area contributed by atoms with Gasteiger partial charge in [-0.1, -0.05) is 12.1 Å². The zero-order chi connectivity index (χ0) is 15.5. The van der Waals surface area contributed by atoms with E-state index in [4.69, 9.17) is 9.15 Å². The molecule has 112 valence electrons. The van der Waals surface area contributed by atoms with Gasteiger partial charge in [0.1, 0.15) is 18.1 Å². The maximum absolute atomic E-state index is 10.8. The van der Waals surface area contributed by atoms with Crippen molar-refractivity contribution < 1.29 is 13.9 Å². The second-order valence-corrected chi connectivity index (χ2v) is 5.02. The summed E-state index contributed by atoms with van der Waals surface area (Å²) in [5.41, 5.74) is 2.80. The predicted molar refractivity (Wildman–Crippen MR) is 81.8 cm³/mol. The Kier molecular flexibility index (Phi) is 3.78. The highest BCUT2D eigenvalue weighted by atomic mass is 16.5. The predicted octanol–water partition coefficient (Wildman–Crippen LogP) is 3.38. The molecular formula is C17H16N2O3. The maximum Gasteiger partial charge on any atom is 0.185 e. The average Bonchev–Trinajstić information content (AvgIpc) is 3.12. The summed E-state index contributed by atoms with van der Waals surface area (Å²) in [5, 5.41) is 4.30. The Morgan fingerprint density at radius 3 is 2.77 bits per heavy atom. The van der Waals surface area contributed by atoms with Crippen molar-refractivity contribution in [3.8, 4) is 17.1 Å². The van der Waals surface area contributed by atoms with Crippen LogP contribution in [-0.2, 0) is 13.7 Å². The molecule has 0 aliphatic carbocycles. The van der Waals surface area contributed by atoms with Crippen LogP contribution in [0.2, 0.25) is 0 Å². The van der Waals surface area contributed by atoms with Crippen LogP contribution in [0.4, 0.5) is 0 Å². The molecule has 3 aromatic rings. The van der Waals surface area contributed by atoms with Crippen molar-refractivity contribution >= 4 is 6.29 Å². The van der Waals surface area contributed by atoms with Crippen LogP contribution in [0.15, 0.2) is 47.0 Å². The number of carbonyl (C=O) groups is 1. The van der Waals surface area contributed by atoms with Crippen molar-refractivity contribution in [2.24, 2.45) is 7.05 Å². The zero-order valence-corrected chi connectivity index (χ0v) is 12.4. The molecule has 0 aliphatic heterocycles. The van der Waals surface area contributed by atoms with Crippen LogP contribution in [-0.4, -0.2) is 16.1 Å². The van der Waals surface area contributed by atoms with E-state index in [0.717, 1.165) is 16.8 Å². The largest absolute Gasteiger partial charge is 0.488 e. The van der Waals surface area contributed by atoms with Crippen molar-refractivity contribution in [3.05, 3.63) is 59.6 Å². The minimum Gasteiger partial charge on any atom is -0.488 e. The summed E-state index contributed by atoms with van der Waals surface area (Å²) in [4.78, 5) is 10.8. The molecule has 2 aromatic heterocycles. The van der Waals surface area contributed by atoms with E-state index in [1.54, 1.807) is 16.8 Å². The summed E-state index contributed by atoms with van der Waals surface area (Å²) < 4.78 is 13.2. The molecular weight excluding hydrogens is 280 g/mol. The van der Waals surface area contributed by atoms with Gasteiger partial charge in [0, 0.05) is 18.8 Å². The lowest BCUT2D eigenvalue weighted by molar-refractivity contribution is 0.110. The van der Waals surface area contributed by atoms with Crippen LogP contribution in [0, 0.1) is 6.92 Å². The normalized spacial score (nSPS) is 10.6. The number of aromatic nitrogens is 2. The SMILES string of the molecule is Cc1nn(C)cc1COc1ccccc1-c1ccc(C=O)o1. The van der Waals surface area contributed by atoms with E-state index in [9.17, 15) is 4.79 Å². The number of benzene rings is 1. The minimum atomic E-state index is 0.299. The lowest BCUT2D eigenvalue weighted by atomic mass is 10.1. The molecule has 0 spiro atoms. The number of furan rings is 1. The number of para-hydroxylation sites is 1. The molecule has 2 heterocycles. The Morgan fingerprint density at radius 1 is 1.27 bits per heavy atom. The van der Waals surface area contributed by atoms with Crippen LogP contribution in [0.1, 0.15) is 21.8 Å². The summed E-state index contributed by atoms with van der Waals surface area (Å²) in [6.07, 6.45) is 2.63. The Balaban J connectivity index is 1.85. The molecule has 0 unspecified atom stereocenters. The fourth-order valence-electron chi connectivity index (χ4n) is 2.30. The molecule has 3 rings (SSSR count). The van der Waals surface area contributed by atoms with E-state index in [1.807, 2.05) is 44.4 Å². The number of nitrogens with zero attached hydrogens (tertiary/aromatic N) is 2. The molecule has 0 radical (unpaired) electrons. The molecule has 5 heteroatoms. The van der Waals surface area contributed by atoms with E-state index in [0.29, 0.717) is 30.2 Å². The van der Waals surface area contributed by atoms with Crippen molar-refractivity contribution in [3.63, 3.8) is 0 Å². The molecule has 0 bridgehead atoms. The van der Waals surface area contributed by atoms with Gasteiger partial charge in [-0.15, -0.1) is 0 Å². The topological polar surface area (TPSA) is 57.3 Å². The molecule has 0 N–H and O–H groups in total. The van der Waals surface area contributed by atoms with Gasteiger partial charge in [-0.05, 0) is 31.2 Å². The van der Waals surface area contributed by atoms with Gasteiger partial charge in [0.05, 0.1) is 11.3 Å². The first kappa shape index (κ1) is 14.1. The third-order valence-corrected chi connectivity index (χ3v) is 3.39. The molecule has 22 heavy (non-hydrogen) atoms. The van der Waals surface area contributed by atoms with E-state index >= 15 is 0 Å². The number of hydrogen-bond donors (Lipinski definition) is 0. The number of aldehydes is 1. The Hall–Kier alpha value is -2.82. The second-order valence-electron chi connectivity index (χ2n) is 5.02. The van der Waals surface area contributed by atoms with Crippen LogP contribution in [0.3, 0.4) is 0 Å². The van der Waals surface area contributed by atoms with Crippen LogP contribution in [0.25, 0.3) is 11.3 Å². The van der Waals surface area contributed by atoms with E-state index in [-0.39, 0.29) is 0 Å². The Bertz CT molecular complexity index is 802. The van der Waals surface area contributed by atoms with Gasteiger partial charge >= 0.3 is 0 Å². The lowest BCUT2D eigenvalue weighted by Crippen LogP contribution is -1.97.